The number of rotatable bonds is 6. The zero-order valence-electron chi connectivity index (χ0n) is 16.7. The molecule has 9 nitrogen and oxygen atoms in total. The van der Waals surface area contributed by atoms with Gasteiger partial charge in [0.15, 0.2) is 0 Å². The molecule has 1 atom stereocenters. The molecule has 3 aromatic rings. The molecule has 1 unspecified atom stereocenters. The van der Waals surface area contributed by atoms with E-state index in [4.69, 9.17) is 9.88 Å². The van der Waals surface area contributed by atoms with E-state index in [1.807, 2.05) is 18.9 Å². The van der Waals surface area contributed by atoms with Gasteiger partial charge in [-0.15, -0.1) is 0 Å². The monoisotopic (exact) mass is 430 g/mol. The Balaban J connectivity index is 1.85. The quantitative estimate of drug-likeness (QED) is 0.566. The lowest BCUT2D eigenvalue weighted by Gasteiger charge is -2.24. The van der Waals surface area contributed by atoms with Crippen LogP contribution in [0, 0.1) is 0 Å². The van der Waals surface area contributed by atoms with E-state index >= 15 is 0 Å². The van der Waals surface area contributed by atoms with E-state index in [1.54, 1.807) is 12.1 Å². The Bertz CT molecular complexity index is 1250. The van der Waals surface area contributed by atoms with Crippen molar-refractivity contribution in [3.05, 3.63) is 69.8 Å². The summed E-state index contributed by atoms with van der Waals surface area (Å²) in [5.41, 5.74) is 1.28. The lowest BCUT2D eigenvalue weighted by Crippen LogP contribution is -2.25. The van der Waals surface area contributed by atoms with Crippen molar-refractivity contribution in [1.82, 2.24) is 14.9 Å². The second-order valence-corrected chi connectivity index (χ2v) is 8.50. The minimum absolute atomic E-state index is 0.0445. The third kappa shape index (κ3) is 4.56. The molecule has 0 spiro atoms. The maximum absolute atomic E-state index is 12.4. The number of primary sulfonamides is 1. The topological polar surface area (TPSA) is 135 Å². The lowest BCUT2D eigenvalue weighted by molar-refractivity contribution is 0.0601. The van der Waals surface area contributed by atoms with Crippen molar-refractivity contribution >= 4 is 26.9 Å². The van der Waals surface area contributed by atoms with Crippen LogP contribution in [0.1, 0.15) is 34.7 Å². The third-order valence-electron chi connectivity index (χ3n) is 4.93. The lowest BCUT2D eigenvalue weighted by atomic mass is 10.1. The van der Waals surface area contributed by atoms with Crippen LogP contribution in [0.25, 0.3) is 10.9 Å². The number of esters is 1. The number of benzene rings is 2. The van der Waals surface area contributed by atoms with Crippen LogP contribution in [-0.2, 0) is 21.3 Å². The van der Waals surface area contributed by atoms with Gasteiger partial charge in [0.1, 0.15) is 5.82 Å². The van der Waals surface area contributed by atoms with E-state index in [9.17, 15) is 18.0 Å². The molecule has 0 fully saturated rings. The van der Waals surface area contributed by atoms with Gasteiger partial charge in [0.2, 0.25) is 10.0 Å². The normalized spacial score (nSPS) is 12.8. The molecule has 1 aromatic heterocycles. The molecule has 0 saturated carbocycles. The fourth-order valence-corrected chi connectivity index (χ4v) is 3.59. The van der Waals surface area contributed by atoms with Crippen LogP contribution in [0.5, 0.6) is 0 Å². The molecule has 158 valence electrons. The highest BCUT2D eigenvalue weighted by Gasteiger charge is 2.16. The first kappa shape index (κ1) is 21.6. The van der Waals surface area contributed by atoms with Gasteiger partial charge in [-0.2, -0.15) is 0 Å². The Kier molecular flexibility index (Phi) is 6.01. The number of nitrogens with two attached hydrogens (primary N) is 1. The number of ether oxygens (including phenoxy) is 1. The van der Waals surface area contributed by atoms with Gasteiger partial charge >= 0.3 is 5.97 Å². The number of nitrogens with zero attached hydrogens (tertiary/aromatic N) is 2. The SMILES string of the molecule is COC(=O)c1ccc2c(=O)[nH]c(CN(C)C(C)c3ccc(S(N)(=O)=O)cc3)nc2c1. The molecule has 0 bridgehead atoms. The fourth-order valence-electron chi connectivity index (χ4n) is 3.07. The van der Waals surface area contributed by atoms with Crippen molar-refractivity contribution in [2.45, 2.75) is 24.4 Å². The first-order valence-electron chi connectivity index (χ1n) is 9.04. The first-order chi connectivity index (χ1) is 14.1. The molecule has 3 rings (SSSR count). The van der Waals surface area contributed by atoms with Crippen molar-refractivity contribution in [2.75, 3.05) is 14.2 Å². The van der Waals surface area contributed by atoms with Crippen LogP contribution < -0.4 is 10.7 Å². The summed E-state index contributed by atoms with van der Waals surface area (Å²) in [6.45, 7) is 2.27. The predicted octanol–water partition coefficient (Wildman–Crippen LogP) is 1.55. The number of hydrogen-bond acceptors (Lipinski definition) is 7. The summed E-state index contributed by atoms with van der Waals surface area (Å²) in [7, 11) is -0.606. The molecular formula is C20H22N4O5S. The van der Waals surface area contributed by atoms with E-state index in [0.717, 1.165) is 5.56 Å². The summed E-state index contributed by atoms with van der Waals surface area (Å²) in [6, 6.07) is 10.8. The van der Waals surface area contributed by atoms with Gasteiger partial charge in [-0.25, -0.2) is 23.3 Å². The molecule has 0 aliphatic carbocycles. The van der Waals surface area contributed by atoms with Crippen LogP contribution >= 0.6 is 0 Å². The summed E-state index contributed by atoms with van der Waals surface area (Å²) >= 11 is 0. The highest BCUT2D eigenvalue weighted by Crippen LogP contribution is 2.22. The largest absolute Gasteiger partial charge is 0.465 e. The molecule has 30 heavy (non-hydrogen) atoms. The zero-order valence-corrected chi connectivity index (χ0v) is 17.6. The summed E-state index contributed by atoms with van der Waals surface area (Å²) in [5, 5.41) is 5.51. The second-order valence-electron chi connectivity index (χ2n) is 6.94. The van der Waals surface area contributed by atoms with Gasteiger partial charge in [-0.05, 0) is 49.9 Å². The molecular weight excluding hydrogens is 408 g/mol. The number of aromatic amines is 1. The molecule has 0 aliphatic heterocycles. The molecule has 0 saturated heterocycles. The van der Waals surface area contributed by atoms with Crippen LogP contribution in [0.3, 0.4) is 0 Å². The van der Waals surface area contributed by atoms with Crippen molar-refractivity contribution in [3.63, 3.8) is 0 Å². The Hall–Kier alpha value is -3.08. The van der Waals surface area contributed by atoms with Crippen LogP contribution in [0.15, 0.2) is 52.2 Å². The third-order valence-corrected chi connectivity index (χ3v) is 5.86. The molecule has 0 aliphatic rings. The average molecular weight is 430 g/mol. The van der Waals surface area contributed by atoms with E-state index in [0.29, 0.717) is 28.8 Å². The fraction of sp³-hybridized carbons (Fsp3) is 0.250. The number of nitrogens with one attached hydrogen (secondary N) is 1. The van der Waals surface area contributed by atoms with Crippen molar-refractivity contribution in [2.24, 2.45) is 5.14 Å². The van der Waals surface area contributed by atoms with Crippen LogP contribution in [-0.4, -0.2) is 43.4 Å². The summed E-state index contributed by atoms with van der Waals surface area (Å²) in [6.07, 6.45) is 0. The van der Waals surface area contributed by atoms with E-state index in [-0.39, 0.29) is 16.5 Å². The Morgan fingerprint density at radius 2 is 1.90 bits per heavy atom. The van der Waals surface area contributed by atoms with Crippen molar-refractivity contribution in [1.29, 1.82) is 0 Å². The second kappa shape index (κ2) is 8.34. The first-order valence-corrected chi connectivity index (χ1v) is 10.6. The molecule has 0 radical (unpaired) electrons. The predicted molar refractivity (Wildman–Crippen MR) is 111 cm³/mol. The minimum atomic E-state index is -3.75. The number of hydrogen-bond donors (Lipinski definition) is 2. The maximum Gasteiger partial charge on any atom is 0.337 e. The summed E-state index contributed by atoms with van der Waals surface area (Å²) in [5.74, 6) is -0.0702. The number of carbonyl (C=O) groups is 1. The molecule has 2 aromatic carbocycles. The molecule has 1 heterocycles. The number of fused-ring (bicyclic) bond motifs is 1. The van der Waals surface area contributed by atoms with E-state index in [1.165, 1.54) is 37.4 Å². The van der Waals surface area contributed by atoms with Crippen molar-refractivity contribution in [3.8, 4) is 0 Å². The maximum atomic E-state index is 12.4. The zero-order chi connectivity index (χ0) is 22.1. The summed E-state index contributed by atoms with van der Waals surface area (Å²) in [4.78, 5) is 33.4. The van der Waals surface area contributed by atoms with Gasteiger partial charge < -0.3 is 9.72 Å². The van der Waals surface area contributed by atoms with Gasteiger partial charge in [0.25, 0.3) is 5.56 Å². The Morgan fingerprint density at radius 1 is 1.23 bits per heavy atom. The van der Waals surface area contributed by atoms with E-state index in [2.05, 4.69) is 9.97 Å². The summed E-state index contributed by atoms with van der Waals surface area (Å²) < 4.78 is 27.5. The smallest absolute Gasteiger partial charge is 0.337 e. The van der Waals surface area contributed by atoms with Crippen LogP contribution in [0.4, 0.5) is 0 Å². The number of H-pyrrole nitrogens is 1. The number of aromatic nitrogens is 2. The number of methoxy groups -OCH3 is 1. The minimum Gasteiger partial charge on any atom is -0.465 e. The Labute approximate surface area is 173 Å². The number of carbonyl (C=O) groups excluding carboxylic acids is 1. The van der Waals surface area contributed by atoms with Crippen LogP contribution in [0.2, 0.25) is 0 Å². The standard InChI is InChI=1S/C20H22N4O5S/c1-12(13-4-7-15(8-5-13)30(21,27)28)24(2)11-18-22-17-10-14(20(26)29-3)6-9-16(17)19(25)23-18/h4-10,12H,11H2,1-3H3,(H2,21,27,28)(H,22,23,25). The number of sulfonamides is 1. The molecule has 10 heteroatoms. The molecule has 3 N–H and O–H groups in total. The van der Waals surface area contributed by atoms with Gasteiger partial charge in [0, 0.05) is 6.04 Å². The van der Waals surface area contributed by atoms with Gasteiger partial charge in [-0.1, -0.05) is 12.1 Å². The van der Waals surface area contributed by atoms with Crippen molar-refractivity contribution < 1.29 is 17.9 Å². The molecule has 0 amide bonds. The average Bonchev–Trinajstić information content (AvgIpc) is 2.71. The van der Waals surface area contributed by atoms with E-state index < -0.39 is 16.0 Å². The highest BCUT2D eigenvalue weighted by molar-refractivity contribution is 7.89. The highest BCUT2D eigenvalue weighted by atomic mass is 32.2. The van der Waals surface area contributed by atoms with Gasteiger partial charge in [0.05, 0.1) is 35.0 Å². The van der Waals surface area contributed by atoms with Gasteiger partial charge in [-0.3, -0.25) is 9.69 Å². The Morgan fingerprint density at radius 3 is 2.50 bits per heavy atom.